The topological polar surface area (TPSA) is 3.24 Å². The highest BCUT2D eigenvalue weighted by molar-refractivity contribution is 6.29. The highest BCUT2D eigenvalue weighted by atomic mass is 35.5. The summed E-state index contributed by atoms with van der Waals surface area (Å²) in [6, 6.07) is 0. The second kappa shape index (κ2) is 1.16. The van der Waals surface area contributed by atoms with Crippen molar-refractivity contribution in [2.75, 3.05) is 13.6 Å². The Hall–Kier alpha value is -0.170. The van der Waals surface area contributed by atoms with Crippen LogP contribution in [0.2, 0.25) is 0 Å². The molecule has 0 aromatic carbocycles. The van der Waals surface area contributed by atoms with Crippen LogP contribution in [0.1, 0.15) is 0 Å². The van der Waals surface area contributed by atoms with Crippen LogP contribution in [0.3, 0.4) is 0 Å². The molecule has 1 heterocycles. The summed E-state index contributed by atoms with van der Waals surface area (Å²) >= 11 is 5.49. The second-order valence-electron chi connectivity index (χ2n) is 1.41. The van der Waals surface area contributed by atoms with Crippen molar-refractivity contribution in [3.63, 3.8) is 0 Å². The Morgan fingerprint density at radius 1 is 2.00 bits per heavy atom. The zero-order chi connectivity index (χ0) is 4.57. The molecule has 1 aliphatic rings. The smallest absolute Gasteiger partial charge is 0.102 e. The lowest BCUT2D eigenvalue weighted by Crippen LogP contribution is -2.23. The summed E-state index contributed by atoms with van der Waals surface area (Å²) in [4.78, 5) is 1.97. The van der Waals surface area contributed by atoms with E-state index in [2.05, 4.69) is 0 Å². The van der Waals surface area contributed by atoms with E-state index in [1.54, 1.807) is 0 Å². The van der Waals surface area contributed by atoms with Crippen LogP contribution < -0.4 is 0 Å². The van der Waals surface area contributed by atoms with E-state index in [9.17, 15) is 0 Å². The number of hydrogen-bond donors (Lipinski definition) is 0. The monoisotopic (exact) mass is 103 g/mol. The maximum atomic E-state index is 5.49. The Bertz CT molecular complexity index is 87.5. The molecule has 0 spiro atoms. The minimum absolute atomic E-state index is 0.870. The van der Waals surface area contributed by atoms with E-state index in [1.807, 2.05) is 18.0 Å². The highest BCUT2D eigenvalue weighted by Gasteiger charge is 2.06. The lowest BCUT2D eigenvalue weighted by atomic mass is 10.4. The van der Waals surface area contributed by atoms with Gasteiger partial charge in [-0.05, 0) is 6.08 Å². The van der Waals surface area contributed by atoms with Gasteiger partial charge in [-0.15, -0.1) is 0 Å². The second-order valence-corrected chi connectivity index (χ2v) is 1.79. The Kier molecular flexibility index (Phi) is 0.771. The summed E-state index contributed by atoms with van der Waals surface area (Å²) in [7, 11) is 1.96. The molecule has 0 aromatic rings. The molecule has 1 aliphatic heterocycles. The van der Waals surface area contributed by atoms with Crippen LogP contribution in [-0.2, 0) is 0 Å². The zero-order valence-electron chi connectivity index (χ0n) is 3.61. The van der Waals surface area contributed by atoms with Gasteiger partial charge in [0.25, 0.3) is 0 Å². The van der Waals surface area contributed by atoms with E-state index in [0.29, 0.717) is 0 Å². The first-order valence-electron chi connectivity index (χ1n) is 1.87. The van der Waals surface area contributed by atoms with Gasteiger partial charge in [0.2, 0.25) is 0 Å². The predicted molar refractivity (Wildman–Crippen MR) is 26.6 cm³/mol. The summed E-state index contributed by atoms with van der Waals surface area (Å²) in [6.45, 7) is 1.01. The molecule has 0 saturated carbocycles. The predicted octanol–water partition coefficient (Wildman–Crippen LogP) is 1.01. The van der Waals surface area contributed by atoms with Crippen LogP contribution in [0.4, 0.5) is 0 Å². The van der Waals surface area contributed by atoms with Crippen LogP contribution in [-0.4, -0.2) is 18.5 Å². The number of hydrogen-bond acceptors (Lipinski definition) is 1. The third-order valence-electron chi connectivity index (χ3n) is 0.898. The van der Waals surface area contributed by atoms with Crippen molar-refractivity contribution in [2.24, 2.45) is 0 Å². The Morgan fingerprint density at radius 3 is 2.50 bits per heavy atom. The molecule has 0 saturated heterocycles. The van der Waals surface area contributed by atoms with Crippen molar-refractivity contribution in [3.05, 3.63) is 11.2 Å². The van der Waals surface area contributed by atoms with Gasteiger partial charge in [-0.3, -0.25) is 0 Å². The Balaban J connectivity index is 2.51. The molecule has 1 nitrogen and oxygen atoms in total. The average molecular weight is 104 g/mol. The quantitative estimate of drug-likeness (QED) is 0.414. The average Bonchev–Trinajstić information content (AvgIpc) is 1.61. The standard InChI is InChI=1S/C4H6ClN/c1-6-3-2-4(6)5/h2H,3H2,1H3. The third-order valence-corrected chi connectivity index (χ3v) is 1.34. The molecule has 0 fully saturated rings. The van der Waals surface area contributed by atoms with Gasteiger partial charge in [0.15, 0.2) is 0 Å². The molecule has 6 heavy (non-hydrogen) atoms. The van der Waals surface area contributed by atoms with Crippen molar-refractivity contribution in [2.45, 2.75) is 0 Å². The van der Waals surface area contributed by atoms with E-state index in [1.165, 1.54) is 0 Å². The van der Waals surface area contributed by atoms with Crippen LogP contribution >= 0.6 is 11.6 Å². The summed E-state index contributed by atoms with van der Waals surface area (Å²) in [5.41, 5.74) is 0. The van der Waals surface area contributed by atoms with Gasteiger partial charge in [-0.2, -0.15) is 0 Å². The third kappa shape index (κ3) is 0.393. The maximum Gasteiger partial charge on any atom is 0.102 e. The normalized spacial score (nSPS) is 19.7. The fraction of sp³-hybridized carbons (Fsp3) is 0.500. The van der Waals surface area contributed by atoms with Gasteiger partial charge in [0.05, 0.1) is 0 Å². The highest BCUT2D eigenvalue weighted by Crippen LogP contribution is 2.14. The maximum absolute atomic E-state index is 5.49. The fourth-order valence-electron chi connectivity index (χ4n) is 0.343. The van der Waals surface area contributed by atoms with Crippen LogP contribution in [0, 0.1) is 0 Å². The van der Waals surface area contributed by atoms with Gasteiger partial charge in [-0.1, -0.05) is 11.6 Å². The van der Waals surface area contributed by atoms with Gasteiger partial charge in [0, 0.05) is 13.6 Å². The molecule has 2 heteroatoms. The lowest BCUT2D eigenvalue weighted by molar-refractivity contribution is 0.442. The number of likely N-dealkylation sites (N-methyl/N-ethyl adjacent to an activating group) is 1. The van der Waals surface area contributed by atoms with Crippen LogP contribution in [0.15, 0.2) is 11.2 Å². The molecule has 0 aliphatic carbocycles. The molecular weight excluding hydrogens is 97.5 g/mol. The van der Waals surface area contributed by atoms with Crippen molar-refractivity contribution in [1.29, 1.82) is 0 Å². The van der Waals surface area contributed by atoms with Crippen molar-refractivity contribution < 1.29 is 0 Å². The lowest BCUT2D eigenvalue weighted by Gasteiger charge is -2.23. The van der Waals surface area contributed by atoms with Gasteiger partial charge < -0.3 is 4.90 Å². The molecule has 34 valence electrons. The number of nitrogens with zero attached hydrogens (tertiary/aromatic N) is 1. The molecule has 0 N–H and O–H groups in total. The molecule has 0 bridgehead atoms. The summed E-state index contributed by atoms with van der Waals surface area (Å²) in [5, 5.41) is 0.870. The first-order valence-corrected chi connectivity index (χ1v) is 2.25. The molecular formula is C4H6ClN. The van der Waals surface area contributed by atoms with E-state index in [4.69, 9.17) is 11.6 Å². The summed E-state index contributed by atoms with van der Waals surface area (Å²) in [5.74, 6) is 0. The van der Waals surface area contributed by atoms with Gasteiger partial charge >= 0.3 is 0 Å². The fourth-order valence-corrected chi connectivity index (χ4v) is 0.481. The van der Waals surface area contributed by atoms with E-state index in [0.717, 1.165) is 11.7 Å². The SMILES string of the molecule is CN1CC=C1Cl. The number of halogens is 1. The van der Waals surface area contributed by atoms with Crippen molar-refractivity contribution in [3.8, 4) is 0 Å². The minimum Gasteiger partial charge on any atom is -0.362 e. The Labute approximate surface area is 42.2 Å². The van der Waals surface area contributed by atoms with Crippen LogP contribution in [0.5, 0.6) is 0 Å². The molecule has 0 unspecified atom stereocenters. The van der Waals surface area contributed by atoms with Crippen LogP contribution in [0.25, 0.3) is 0 Å². The Morgan fingerprint density at radius 2 is 2.50 bits per heavy atom. The van der Waals surface area contributed by atoms with Gasteiger partial charge in [0.1, 0.15) is 5.16 Å². The summed E-state index contributed by atoms with van der Waals surface area (Å²) < 4.78 is 0. The first kappa shape index (κ1) is 4.00. The molecule has 1 rings (SSSR count). The van der Waals surface area contributed by atoms with E-state index in [-0.39, 0.29) is 0 Å². The number of rotatable bonds is 0. The van der Waals surface area contributed by atoms with E-state index >= 15 is 0 Å². The van der Waals surface area contributed by atoms with Gasteiger partial charge in [-0.25, -0.2) is 0 Å². The molecule has 0 aromatic heterocycles. The molecule has 0 atom stereocenters. The van der Waals surface area contributed by atoms with E-state index < -0.39 is 0 Å². The molecule has 0 amide bonds. The molecule has 0 radical (unpaired) electrons. The summed E-state index contributed by atoms with van der Waals surface area (Å²) in [6.07, 6.45) is 1.97. The zero-order valence-corrected chi connectivity index (χ0v) is 4.37. The largest absolute Gasteiger partial charge is 0.362 e. The van der Waals surface area contributed by atoms with Crippen molar-refractivity contribution in [1.82, 2.24) is 4.90 Å². The van der Waals surface area contributed by atoms with Crippen molar-refractivity contribution >= 4 is 11.6 Å². The first-order chi connectivity index (χ1) is 2.80. The minimum atomic E-state index is 0.870.